The van der Waals surface area contributed by atoms with Crippen LogP contribution in [-0.2, 0) is 6.54 Å². The van der Waals surface area contributed by atoms with Crippen molar-refractivity contribution >= 4 is 16.9 Å². The molecule has 5 nitrogen and oxygen atoms in total. The second-order valence-electron chi connectivity index (χ2n) is 11.5. The van der Waals surface area contributed by atoms with Crippen molar-refractivity contribution in [3.8, 4) is 5.75 Å². The largest absolute Gasteiger partial charge is 0.508 e. The molecule has 2 N–H and O–H groups in total. The van der Waals surface area contributed by atoms with E-state index >= 15 is 0 Å². The summed E-state index contributed by atoms with van der Waals surface area (Å²) in [6.07, 6.45) is 8.07. The standard InChI is InChI=1S/C26H36N2O3/c1-16-22(24(30)27-17-7-5-6-8-17)23-19(20(29)9-10-21(23)31-16)13-28-15-26(4)12-18(28)11-25(2,3)14-26/h9-10,17-18,29H,5-8,11-15H2,1-4H3,(H,27,30). The van der Waals surface area contributed by atoms with Crippen molar-refractivity contribution in [2.24, 2.45) is 10.8 Å². The van der Waals surface area contributed by atoms with E-state index in [1.54, 1.807) is 12.1 Å². The predicted molar refractivity (Wildman–Crippen MR) is 122 cm³/mol. The van der Waals surface area contributed by atoms with Crippen molar-refractivity contribution in [3.05, 3.63) is 29.0 Å². The Morgan fingerprint density at radius 1 is 1.23 bits per heavy atom. The Kier molecular flexibility index (Phi) is 4.89. The Balaban J connectivity index is 1.50. The van der Waals surface area contributed by atoms with Crippen LogP contribution in [0.4, 0.5) is 0 Å². The van der Waals surface area contributed by atoms with Crippen molar-refractivity contribution in [1.82, 2.24) is 10.2 Å². The molecule has 31 heavy (non-hydrogen) atoms. The van der Waals surface area contributed by atoms with Gasteiger partial charge in [-0.25, -0.2) is 0 Å². The second kappa shape index (κ2) is 7.26. The lowest BCUT2D eigenvalue weighted by atomic mass is 9.65. The van der Waals surface area contributed by atoms with E-state index in [1.165, 1.54) is 32.1 Å². The minimum atomic E-state index is -0.0664. The lowest BCUT2D eigenvalue weighted by Crippen LogP contribution is -2.34. The van der Waals surface area contributed by atoms with Crippen LogP contribution >= 0.6 is 0 Å². The van der Waals surface area contributed by atoms with Gasteiger partial charge in [0, 0.05) is 36.1 Å². The minimum Gasteiger partial charge on any atom is -0.508 e. The summed E-state index contributed by atoms with van der Waals surface area (Å²) in [5, 5.41) is 14.9. The van der Waals surface area contributed by atoms with Gasteiger partial charge in [-0.1, -0.05) is 33.6 Å². The first-order valence-electron chi connectivity index (χ1n) is 11.9. The SMILES string of the molecule is Cc1oc2ccc(O)c(CN3CC4(C)CC3CC(C)(C)C4)c2c1C(=O)NC1CCCC1. The summed E-state index contributed by atoms with van der Waals surface area (Å²) in [4.78, 5) is 15.8. The molecular formula is C26H36N2O3. The van der Waals surface area contributed by atoms with Crippen LogP contribution in [0.5, 0.6) is 5.75 Å². The molecule has 1 amide bonds. The van der Waals surface area contributed by atoms with Crippen molar-refractivity contribution in [3.63, 3.8) is 0 Å². The normalized spacial score (nSPS) is 28.5. The Labute approximate surface area is 185 Å². The zero-order valence-corrected chi connectivity index (χ0v) is 19.4. The molecule has 2 bridgehead atoms. The summed E-state index contributed by atoms with van der Waals surface area (Å²) in [7, 11) is 0. The summed E-state index contributed by atoms with van der Waals surface area (Å²) in [6.45, 7) is 10.7. The van der Waals surface area contributed by atoms with E-state index in [0.29, 0.717) is 40.3 Å². The number of carbonyl (C=O) groups is 1. The Morgan fingerprint density at radius 2 is 1.97 bits per heavy atom. The topological polar surface area (TPSA) is 65.7 Å². The number of amides is 1. The molecule has 2 saturated carbocycles. The van der Waals surface area contributed by atoms with Gasteiger partial charge in [-0.05, 0) is 62.0 Å². The third-order valence-corrected chi connectivity index (χ3v) is 7.92. The van der Waals surface area contributed by atoms with Crippen molar-refractivity contribution in [2.75, 3.05) is 6.54 Å². The molecule has 168 valence electrons. The van der Waals surface area contributed by atoms with Gasteiger partial charge in [0.2, 0.25) is 0 Å². The highest BCUT2D eigenvalue weighted by molar-refractivity contribution is 6.09. The average Bonchev–Trinajstić information content (AvgIpc) is 3.33. The number of rotatable bonds is 4. The number of hydrogen-bond donors (Lipinski definition) is 2. The van der Waals surface area contributed by atoms with Gasteiger partial charge in [0.15, 0.2) is 0 Å². The number of benzene rings is 1. The third kappa shape index (κ3) is 3.75. The van der Waals surface area contributed by atoms with Gasteiger partial charge in [0.05, 0.1) is 5.56 Å². The maximum atomic E-state index is 13.2. The van der Waals surface area contributed by atoms with Crippen molar-refractivity contribution in [2.45, 2.75) is 91.3 Å². The molecule has 1 saturated heterocycles. The van der Waals surface area contributed by atoms with Crippen molar-refractivity contribution in [1.29, 1.82) is 0 Å². The van der Waals surface area contributed by atoms with E-state index in [9.17, 15) is 9.90 Å². The Hall–Kier alpha value is -2.01. The van der Waals surface area contributed by atoms with Crippen LogP contribution in [0.1, 0.15) is 87.4 Å². The lowest BCUT2D eigenvalue weighted by molar-refractivity contribution is 0.0937. The number of hydrogen-bond acceptors (Lipinski definition) is 4. The van der Waals surface area contributed by atoms with E-state index in [2.05, 4.69) is 31.0 Å². The maximum Gasteiger partial charge on any atom is 0.255 e. The van der Waals surface area contributed by atoms with Crippen LogP contribution in [0.25, 0.3) is 11.0 Å². The molecule has 0 spiro atoms. The quantitative estimate of drug-likeness (QED) is 0.678. The van der Waals surface area contributed by atoms with E-state index in [4.69, 9.17) is 4.42 Å². The molecule has 1 aliphatic heterocycles. The summed E-state index contributed by atoms with van der Waals surface area (Å²) < 4.78 is 5.99. The molecule has 2 atom stereocenters. The molecule has 2 aliphatic carbocycles. The second-order valence-corrected chi connectivity index (χ2v) is 11.5. The molecule has 3 fully saturated rings. The molecule has 5 rings (SSSR count). The summed E-state index contributed by atoms with van der Waals surface area (Å²) >= 11 is 0. The highest BCUT2D eigenvalue weighted by atomic mass is 16.3. The number of aryl methyl sites for hydroxylation is 1. The first kappa shape index (κ1) is 20.9. The van der Waals surface area contributed by atoms with Gasteiger partial charge in [-0.15, -0.1) is 0 Å². The number of aromatic hydroxyl groups is 1. The van der Waals surface area contributed by atoms with Crippen LogP contribution in [0.2, 0.25) is 0 Å². The molecule has 1 aromatic heterocycles. The van der Waals surface area contributed by atoms with E-state index in [1.807, 2.05) is 6.92 Å². The molecule has 5 heteroatoms. The Morgan fingerprint density at radius 3 is 2.71 bits per heavy atom. The van der Waals surface area contributed by atoms with Gasteiger partial charge in [-0.3, -0.25) is 9.69 Å². The highest BCUT2D eigenvalue weighted by Gasteiger charge is 2.49. The van der Waals surface area contributed by atoms with Gasteiger partial charge in [-0.2, -0.15) is 0 Å². The maximum absolute atomic E-state index is 13.2. The predicted octanol–water partition coefficient (Wildman–Crippen LogP) is 5.52. The van der Waals surface area contributed by atoms with Gasteiger partial charge < -0.3 is 14.8 Å². The third-order valence-electron chi connectivity index (χ3n) is 7.92. The zero-order chi connectivity index (χ0) is 22.0. The van der Waals surface area contributed by atoms with E-state index in [0.717, 1.165) is 30.3 Å². The summed E-state index contributed by atoms with van der Waals surface area (Å²) in [5.74, 6) is 0.822. The number of fused-ring (bicyclic) bond motifs is 3. The summed E-state index contributed by atoms with van der Waals surface area (Å²) in [5.41, 5.74) is 2.79. The zero-order valence-electron chi connectivity index (χ0n) is 19.4. The first-order chi connectivity index (χ1) is 14.6. The molecule has 0 radical (unpaired) electrons. The fourth-order valence-corrected chi connectivity index (χ4v) is 7.09. The number of nitrogens with one attached hydrogen (secondary N) is 1. The van der Waals surface area contributed by atoms with Crippen LogP contribution in [0, 0.1) is 17.8 Å². The van der Waals surface area contributed by atoms with Crippen LogP contribution in [0.15, 0.2) is 16.5 Å². The average molecular weight is 425 g/mol. The van der Waals surface area contributed by atoms with Gasteiger partial charge >= 0.3 is 0 Å². The monoisotopic (exact) mass is 424 g/mol. The molecule has 2 unspecified atom stereocenters. The number of phenols is 1. The smallest absolute Gasteiger partial charge is 0.255 e. The Bertz CT molecular complexity index is 1020. The first-order valence-corrected chi connectivity index (χ1v) is 11.9. The van der Waals surface area contributed by atoms with Gasteiger partial charge in [0.1, 0.15) is 17.1 Å². The number of phenolic OH excluding ortho intramolecular Hbond substituents is 1. The fraction of sp³-hybridized carbons (Fsp3) is 0.654. The number of nitrogens with zero attached hydrogens (tertiary/aromatic N) is 1. The van der Waals surface area contributed by atoms with E-state index < -0.39 is 0 Å². The van der Waals surface area contributed by atoms with Crippen LogP contribution < -0.4 is 5.32 Å². The molecule has 2 aromatic rings. The van der Waals surface area contributed by atoms with Crippen LogP contribution in [0.3, 0.4) is 0 Å². The molecule has 1 aromatic carbocycles. The highest BCUT2D eigenvalue weighted by Crippen LogP contribution is 2.53. The van der Waals surface area contributed by atoms with Crippen molar-refractivity contribution < 1.29 is 14.3 Å². The molecule has 3 aliphatic rings. The van der Waals surface area contributed by atoms with E-state index in [-0.39, 0.29) is 17.7 Å². The number of furan rings is 1. The lowest BCUT2D eigenvalue weighted by Gasteiger charge is -2.40. The fourth-order valence-electron chi connectivity index (χ4n) is 7.09. The molecule has 2 heterocycles. The van der Waals surface area contributed by atoms with Crippen LogP contribution in [-0.4, -0.2) is 34.5 Å². The minimum absolute atomic E-state index is 0.0664. The summed E-state index contributed by atoms with van der Waals surface area (Å²) in [6, 6.07) is 4.28. The van der Waals surface area contributed by atoms with Gasteiger partial charge in [0.25, 0.3) is 5.91 Å². The number of carbonyl (C=O) groups excluding carboxylic acids is 1. The number of likely N-dealkylation sites (tertiary alicyclic amines) is 1. The molecular weight excluding hydrogens is 388 g/mol.